The molecule has 3 nitrogen and oxygen atoms in total. The molecule has 0 saturated carbocycles. The topological polar surface area (TPSA) is 33.6 Å². The van der Waals surface area contributed by atoms with Gasteiger partial charge in [0, 0.05) is 6.20 Å². The van der Waals surface area contributed by atoms with Crippen molar-refractivity contribution in [3.63, 3.8) is 0 Å². The maximum atomic E-state index is 5.45. The minimum Gasteiger partial charge on any atom is -0.494 e. The third kappa shape index (κ3) is 3.98. The quantitative estimate of drug-likeness (QED) is 0.605. The van der Waals surface area contributed by atoms with Gasteiger partial charge in [0.15, 0.2) is 0 Å². The van der Waals surface area contributed by atoms with Gasteiger partial charge < -0.3 is 10.1 Å². The highest BCUT2D eigenvalue weighted by Crippen LogP contribution is 2.17. The summed E-state index contributed by atoms with van der Waals surface area (Å²) in [5.74, 6) is 0.740. The van der Waals surface area contributed by atoms with Crippen LogP contribution < -0.4 is 5.32 Å². The minimum absolute atomic E-state index is 0.575. The Kier molecular flexibility index (Phi) is 5.86. The van der Waals surface area contributed by atoms with Gasteiger partial charge in [0.25, 0.3) is 0 Å². The molecule has 0 aromatic heterocycles. The molecule has 0 aromatic rings. The summed E-state index contributed by atoms with van der Waals surface area (Å²) in [6.45, 7) is 10.6. The van der Waals surface area contributed by atoms with Gasteiger partial charge in [-0.2, -0.15) is 0 Å². The Morgan fingerprint density at radius 3 is 2.74 bits per heavy atom. The smallest absolute Gasteiger partial charge is 0.145 e. The lowest BCUT2D eigenvalue weighted by atomic mass is 10.0. The van der Waals surface area contributed by atoms with E-state index in [0.717, 1.165) is 28.2 Å². The molecule has 1 aliphatic rings. The zero-order valence-corrected chi connectivity index (χ0v) is 12.2. The minimum atomic E-state index is 0.575. The molecular weight excluding hydrogens is 236 g/mol. The molecule has 1 heterocycles. The molecule has 0 amide bonds. The van der Waals surface area contributed by atoms with Crippen molar-refractivity contribution in [1.82, 2.24) is 5.32 Å². The number of nitrogens with zero attached hydrogens (tertiary/aromatic N) is 1. The molecule has 1 aliphatic heterocycles. The highest BCUT2D eigenvalue weighted by atomic mass is 16.5. The molecule has 0 radical (unpaired) electrons. The number of allylic oxidation sites excluding steroid dienone is 7. The zero-order valence-electron chi connectivity index (χ0n) is 12.2. The lowest BCUT2D eigenvalue weighted by molar-refractivity contribution is 0.314. The normalized spacial score (nSPS) is 16.8. The largest absolute Gasteiger partial charge is 0.494 e. The summed E-state index contributed by atoms with van der Waals surface area (Å²) in [6.07, 6.45) is 9.92. The number of nitrogens with one attached hydrogen (secondary N) is 1. The highest BCUT2D eigenvalue weighted by molar-refractivity contribution is 6.11. The van der Waals surface area contributed by atoms with E-state index in [0.29, 0.717) is 6.67 Å². The summed E-state index contributed by atoms with van der Waals surface area (Å²) in [7, 11) is 1.65. The van der Waals surface area contributed by atoms with Crippen molar-refractivity contribution in [2.45, 2.75) is 20.8 Å². The lowest BCUT2D eigenvalue weighted by Crippen LogP contribution is -2.19. The maximum absolute atomic E-state index is 5.45. The van der Waals surface area contributed by atoms with E-state index in [-0.39, 0.29) is 0 Å². The van der Waals surface area contributed by atoms with Crippen LogP contribution in [0.2, 0.25) is 0 Å². The Labute approximate surface area is 115 Å². The summed E-state index contributed by atoms with van der Waals surface area (Å²) < 4.78 is 5.45. The average molecular weight is 258 g/mol. The van der Waals surface area contributed by atoms with Gasteiger partial charge >= 0.3 is 0 Å². The SMILES string of the molecule is C=C(/C=C(/OC)C1=NCNC=C1C)C(/C=C\C)=C/C. The Bertz CT molecular complexity index is 491. The summed E-state index contributed by atoms with van der Waals surface area (Å²) in [6, 6.07) is 0. The van der Waals surface area contributed by atoms with Gasteiger partial charge in [-0.25, -0.2) is 0 Å². The predicted octanol–water partition coefficient (Wildman–Crippen LogP) is 3.50. The number of ether oxygens (including phenoxy) is 1. The number of methoxy groups -OCH3 is 1. The van der Waals surface area contributed by atoms with Gasteiger partial charge in [-0.3, -0.25) is 4.99 Å². The fraction of sp³-hybridized carbons (Fsp3) is 0.312. The van der Waals surface area contributed by atoms with E-state index in [1.54, 1.807) is 7.11 Å². The van der Waals surface area contributed by atoms with Gasteiger partial charge in [0.2, 0.25) is 0 Å². The Morgan fingerprint density at radius 1 is 1.47 bits per heavy atom. The monoisotopic (exact) mass is 258 g/mol. The van der Waals surface area contributed by atoms with Crippen LogP contribution in [0.15, 0.2) is 64.6 Å². The van der Waals surface area contributed by atoms with E-state index in [1.165, 1.54) is 0 Å². The van der Waals surface area contributed by atoms with Crippen molar-refractivity contribution in [3.8, 4) is 0 Å². The zero-order chi connectivity index (χ0) is 14.3. The van der Waals surface area contributed by atoms with Gasteiger partial charge in [-0.05, 0) is 43.6 Å². The molecule has 0 unspecified atom stereocenters. The first kappa shape index (κ1) is 15.0. The fourth-order valence-electron chi connectivity index (χ4n) is 1.82. The first-order valence-corrected chi connectivity index (χ1v) is 6.33. The molecule has 3 heteroatoms. The van der Waals surface area contributed by atoms with Crippen molar-refractivity contribution >= 4 is 5.71 Å². The number of rotatable bonds is 5. The third-order valence-corrected chi connectivity index (χ3v) is 2.81. The van der Waals surface area contributed by atoms with E-state index < -0.39 is 0 Å². The van der Waals surface area contributed by atoms with Crippen LogP contribution in [0.1, 0.15) is 20.8 Å². The third-order valence-electron chi connectivity index (χ3n) is 2.81. The summed E-state index contributed by atoms with van der Waals surface area (Å²) >= 11 is 0. The fourth-order valence-corrected chi connectivity index (χ4v) is 1.82. The number of aliphatic imine (C=N–C) groups is 1. The Balaban J connectivity index is 3.03. The van der Waals surface area contributed by atoms with Gasteiger partial charge in [-0.1, -0.05) is 24.8 Å². The predicted molar refractivity (Wildman–Crippen MR) is 82.0 cm³/mol. The molecule has 0 saturated heterocycles. The van der Waals surface area contributed by atoms with Crippen LogP contribution in [-0.4, -0.2) is 19.5 Å². The maximum Gasteiger partial charge on any atom is 0.145 e. The average Bonchev–Trinajstić information content (AvgIpc) is 2.42. The van der Waals surface area contributed by atoms with Crippen LogP contribution in [0.3, 0.4) is 0 Å². The van der Waals surface area contributed by atoms with E-state index >= 15 is 0 Å². The summed E-state index contributed by atoms with van der Waals surface area (Å²) in [4.78, 5) is 4.43. The van der Waals surface area contributed by atoms with Crippen molar-refractivity contribution in [3.05, 3.63) is 59.6 Å². The molecule has 1 N–H and O–H groups in total. The lowest BCUT2D eigenvalue weighted by Gasteiger charge is -2.15. The van der Waals surface area contributed by atoms with Crippen LogP contribution in [0.5, 0.6) is 0 Å². The molecule has 0 atom stereocenters. The first-order chi connectivity index (χ1) is 9.13. The van der Waals surface area contributed by atoms with E-state index in [9.17, 15) is 0 Å². The second kappa shape index (κ2) is 7.41. The molecular formula is C16H22N2O. The molecule has 19 heavy (non-hydrogen) atoms. The summed E-state index contributed by atoms with van der Waals surface area (Å²) in [5.41, 5.74) is 3.92. The van der Waals surface area contributed by atoms with E-state index in [4.69, 9.17) is 4.74 Å². The molecule has 0 bridgehead atoms. The van der Waals surface area contributed by atoms with Gasteiger partial charge in [0.05, 0.1) is 7.11 Å². The summed E-state index contributed by atoms with van der Waals surface area (Å²) in [5, 5.41) is 3.07. The van der Waals surface area contributed by atoms with Crippen molar-refractivity contribution in [2.24, 2.45) is 4.99 Å². The molecule has 0 spiro atoms. The van der Waals surface area contributed by atoms with Gasteiger partial charge in [0.1, 0.15) is 18.1 Å². The number of hydrogen-bond acceptors (Lipinski definition) is 3. The molecule has 0 fully saturated rings. The Morgan fingerprint density at radius 2 is 2.21 bits per heavy atom. The number of hydrogen-bond donors (Lipinski definition) is 1. The van der Waals surface area contributed by atoms with Crippen molar-refractivity contribution < 1.29 is 4.74 Å². The van der Waals surface area contributed by atoms with E-state index in [1.807, 2.05) is 51.3 Å². The second-order valence-electron chi connectivity index (χ2n) is 4.18. The molecule has 0 aliphatic carbocycles. The Hall–Kier alpha value is -2.03. The van der Waals surface area contributed by atoms with Crippen LogP contribution in [0, 0.1) is 0 Å². The standard InChI is InChI=1S/C16H22N2O/c1-6-8-14(7-2)12(3)9-15(19-5)16-13(4)10-17-11-18-16/h6-10,17H,3,11H2,1-2,4-5H3/b8-6-,14-7+,15-9+. The molecule has 102 valence electrons. The van der Waals surface area contributed by atoms with Crippen LogP contribution in [-0.2, 0) is 4.74 Å². The molecule has 1 rings (SSSR count). The first-order valence-electron chi connectivity index (χ1n) is 6.33. The van der Waals surface area contributed by atoms with Crippen LogP contribution in [0.25, 0.3) is 0 Å². The highest BCUT2D eigenvalue weighted by Gasteiger charge is 2.13. The van der Waals surface area contributed by atoms with Gasteiger partial charge in [-0.15, -0.1) is 0 Å². The second-order valence-corrected chi connectivity index (χ2v) is 4.18. The van der Waals surface area contributed by atoms with Crippen molar-refractivity contribution in [1.29, 1.82) is 0 Å². The van der Waals surface area contributed by atoms with Crippen LogP contribution >= 0.6 is 0 Å². The van der Waals surface area contributed by atoms with Crippen LogP contribution in [0.4, 0.5) is 0 Å². The van der Waals surface area contributed by atoms with Crippen molar-refractivity contribution in [2.75, 3.05) is 13.8 Å². The van der Waals surface area contributed by atoms with E-state index in [2.05, 4.69) is 16.9 Å². The molecule has 0 aromatic carbocycles.